The topological polar surface area (TPSA) is 54.0 Å². The molecule has 0 bridgehead atoms. The van der Waals surface area contributed by atoms with Crippen molar-refractivity contribution in [2.24, 2.45) is 0 Å². The van der Waals surface area contributed by atoms with Crippen LogP contribution in [0.4, 0.5) is 11.4 Å². The van der Waals surface area contributed by atoms with Crippen LogP contribution in [0.3, 0.4) is 0 Å². The van der Waals surface area contributed by atoms with Crippen LogP contribution in [-0.4, -0.2) is 49.3 Å². The second kappa shape index (κ2) is 5.30. The number of benzene rings is 1. The van der Waals surface area contributed by atoms with Gasteiger partial charge in [0.15, 0.2) is 11.5 Å². The summed E-state index contributed by atoms with van der Waals surface area (Å²) in [7, 11) is 0. The van der Waals surface area contributed by atoms with E-state index in [4.69, 9.17) is 9.47 Å². The van der Waals surface area contributed by atoms with Crippen LogP contribution < -0.4 is 19.7 Å². The molecule has 0 saturated carbocycles. The molecule has 0 radical (unpaired) electrons. The van der Waals surface area contributed by atoms with Crippen molar-refractivity contribution < 1.29 is 14.3 Å². The van der Waals surface area contributed by atoms with Gasteiger partial charge in [-0.25, -0.2) is 0 Å². The minimum absolute atomic E-state index is 0.100. The molecule has 1 amide bonds. The Morgan fingerprint density at radius 1 is 1.13 bits per heavy atom. The Bertz CT molecular complexity index is 638. The number of likely N-dealkylation sites (tertiary alicyclic amines) is 1. The number of hydrogen-bond acceptors (Lipinski definition) is 5. The van der Waals surface area contributed by atoms with Gasteiger partial charge in [0, 0.05) is 25.2 Å². The monoisotopic (exact) mass is 317 g/mol. The van der Waals surface area contributed by atoms with E-state index in [9.17, 15) is 4.79 Å². The van der Waals surface area contributed by atoms with Crippen molar-refractivity contribution in [3.63, 3.8) is 0 Å². The zero-order valence-corrected chi connectivity index (χ0v) is 13.7. The molecule has 3 aliphatic rings. The van der Waals surface area contributed by atoms with Gasteiger partial charge in [-0.1, -0.05) is 0 Å². The number of hydrogen-bond donors (Lipinski definition) is 1. The lowest BCUT2D eigenvalue weighted by molar-refractivity contribution is -0.122. The Morgan fingerprint density at radius 3 is 2.57 bits per heavy atom. The summed E-state index contributed by atoms with van der Waals surface area (Å²) in [6.07, 6.45) is 2.52. The Labute approximate surface area is 136 Å². The number of ether oxygens (including phenoxy) is 2. The Balaban J connectivity index is 1.65. The number of nitrogens with one attached hydrogen (secondary N) is 1. The SMILES string of the molecule is CC1(C)Nc2cc3c(cc2N(CCN2CCCC2)C1=O)OCO3. The number of carbonyl (C=O) groups excluding carboxylic acids is 1. The van der Waals surface area contributed by atoms with E-state index in [1.165, 1.54) is 12.8 Å². The lowest BCUT2D eigenvalue weighted by Gasteiger charge is -2.40. The van der Waals surface area contributed by atoms with Gasteiger partial charge in [0.25, 0.3) is 5.91 Å². The number of rotatable bonds is 3. The molecule has 3 aliphatic heterocycles. The van der Waals surface area contributed by atoms with E-state index < -0.39 is 5.54 Å². The van der Waals surface area contributed by atoms with Gasteiger partial charge in [0.05, 0.1) is 11.4 Å². The minimum atomic E-state index is -0.619. The summed E-state index contributed by atoms with van der Waals surface area (Å²) in [6.45, 7) is 7.97. The van der Waals surface area contributed by atoms with E-state index in [0.29, 0.717) is 12.3 Å². The van der Waals surface area contributed by atoms with Crippen LogP contribution in [0.5, 0.6) is 11.5 Å². The third-order valence-corrected chi connectivity index (χ3v) is 4.85. The Hall–Kier alpha value is -1.95. The van der Waals surface area contributed by atoms with Gasteiger partial charge < -0.3 is 24.6 Å². The second-order valence-electron chi connectivity index (χ2n) is 6.98. The molecule has 1 aromatic rings. The van der Waals surface area contributed by atoms with Crippen molar-refractivity contribution in [3.8, 4) is 11.5 Å². The maximum Gasteiger partial charge on any atom is 0.252 e. The van der Waals surface area contributed by atoms with Crippen molar-refractivity contribution >= 4 is 17.3 Å². The highest BCUT2D eigenvalue weighted by Gasteiger charge is 2.39. The molecule has 1 saturated heterocycles. The quantitative estimate of drug-likeness (QED) is 0.925. The average Bonchev–Trinajstić information content (AvgIpc) is 3.16. The van der Waals surface area contributed by atoms with Crippen molar-refractivity contribution in [1.82, 2.24) is 4.90 Å². The van der Waals surface area contributed by atoms with Gasteiger partial charge in [-0.15, -0.1) is 0 Å². The summed E-state index contributed by atoms with van der Waals surface area (Å²) >= 11 is 0. The number of carbonyl (C=O) groups is 1. The molecule has 1 N–H and O–H groups in total. The summed E-state index contributed by atoms with van der Waals surface area (Å²) in [6, 6.07) is 3.86. The molecule has 0 unspecified atom stereocenters. The molecule has 0 spiro atoms. The van der Waals surface area contributed by atoms with Crippen molar-refractivity contribution in [1.29, 1.82) is 0 Å². The largest absolute Gasteiger partial charge is 0.454 e. The highest BCUT2D eigenvalue weighted by Crippen LogP contribution is 2.44. The number of nitrogens with zero attached hydrogens (tertiary/aromatic N) is 2. The Kier molecular flexibility index (Phi) is 3.37. The van der Waals surface area contributed by atoms with Crippen LogP contribution in [0, 0.1) is 0 Å². The normalized spacial score (nSPS) is 22.2. The van der Waals surface area contributed by atoms with E-state index in [-0.39, 0.29) is 12.7 Å². The highest BCUT2D eigenvalue weighted by molar-refractivity contribution is 6.07. The molecular weight excluding hydrogens is 294 g/mol. The molecule has 23 heavy (non-hydrogen) atoms. The molecule has 124 valence electrons. The summed E-state index contributed by atoms with van der Waals surface area (Å²) in [5.41, 5.74) is 1.20. The molecule has 0 aliphatic carbocycles. The fraction of sp³-hybridized carbons (Fsp3) is 0.588. The van der Waals surface area contributed by atoms with Crippen LogP contribution in [-0.2, 0) is 4.79 Å². The summed E-state index contributed by atoms with van der Waals surface area (Å²) in [5.74, 6) is 1.55. The van der Waals surface area contributed by atoms with E-state index >= 15 is 0 Å². The molecular formula is C17H23N3O3. The van der Waals surface area contributed by atoms with Gasteiger partial charge in [-0.3, -0.25) is 4.79 Å². The maximum atomic E-state index is 12.9. The number of fused-ring (bicyclic) bond motifs is 2. The van der Waals surface area contributed by atoms with Crippen molar-refractivity contribution in [3.05, 3.63) is 12.1 Å². The van der Waals surface area contributed by atoms with Gasteiger partial charge in [0.1, 0.15) is 5.54 Å². The van der Waals surface area contributed by atoms with E-state index in [1.54, 1.807) is 0 Å². The van der Waals surface area contributed by atoms with Crippen LogP contribution in [0.15, 0.2) is 12.1 Å². The Morgan fingerprint density at radius 2 is 1.83 bits per heavy atom. The van der Waals surface area contributed by atoms with Gasteiger partial charge >= 0.3 is 0 Å². The third-order valence-electron chi connectivity index (χ3n) is 4.85. The van der Waals surface area contributed by atoms with E-state index in [2.05, 4.69) is 10.2 Å². The number of amides is 1. The number of anilines is 2. The molecule has 1 aromatic carbocycles. The minimum Gasteiger partial charge on any atom is -0.454 e. The summed E-state index contributed by atoms with van der Waals surface area (Å²) < 4.78 is 10.9. The fourth-order valence-electron chi connectivity index (χ4n) is 3.56. The standard InChI is InChI=1S/C17H23N3O3/c1-17(2)16(21)20(8-7-19-5-3-4-6-19)13-10-15-14(22-11-23-15)9-12(13)18-17/h9-10,18H,3-8,11H2,1-2H3. The first-order valence-corrected chi connectivity index (χ1v) is 8.31. The van der Waals surface area contributed by atoms with Gasteiger partial charge in [-0.05, 0) is 39.8 Å². The second-order valence-corrected chi connectivity index (χ2v) is 6.98. The van der Waals surface area contributed by atoms with Crippen molar-refractivity contribution in [2.45, 2.75) is 32.2 Å². The summed E-state index contributed by atoms with van der Waals surface area (Å²) in [4.78, 5) is 17.2. The molecule has 0 atom stereocenters. The molecule has 3 heterocycles. The average molecular weight is 317 g/mol. The molecule has 1 fully saturated rings. The van der Waals surface area contributed by atoms with Gasteiger partial charge in [0.2, 0.25) is 6.79 Å². The predicted molar refractivity (Wildman–Crippen MR) is 88.3 cm³/mol. The fourth-order valence-corrected chi connectivity index (χ4v) is 3.56. The van der Waals surface area contributed by atoms with Crippen LogP contribution >= 0.6 is 0 Å². The first-order chi connectivity index (χ1) is 11.0. The smallest absolute Gasteiger partial charge is 0.252 e. The lowest BCUT2D eigenvalue weighted by atomic mass is 9.97. The van der Waals surface area contributed by atoms with Crippen LogP contribution in [0.1, 0.15) is 26.7 Å². The molecule has 6 nitrogen and oxygen atoms in total. The zero-order valence-electron chi connectivity index (χ0n) is 13.7. The first-order valence-electron chi connectivity index (χ1n) is 8.31. The predicted octanol–water partition coefficient (Wildman–Crippen LogP) is 2.05. The molecule has 0 aromatic heterocycles. The summed E-state index contributed by atoms with van der Waals surface area (Å²) in [5, 5.41) is 3.33. The molecule has 4 rings (SSSR count). The first kappa shape index (κ1) is 14.6. The highest BCUT2D eigenvalue weighted by atomic mass is 16.7. The molecule has 6 heteroatoms. The van der Waals surface area contributed by atoms with Gasteiger partial charge in [-0.2, -0.15) is 0 Å². The van der Waals surface area contributed by atoms with E-state index in [1.807, 2.05) is 30.9 Å². The van der Waals surface area contributed by atoms with Crippen LogP contribution in [0.2, 0.25) is 0 Å². The zero-order chi connectivity index (χ0) is 16.0. The van der Waals surface area contributed by atoms with Crippen LogP contribution in [0.25, 0.3) is 0 Å². The third kappa shape index (κ3) is 2.51. The van der Waals surface area contributed by atoms with E-state index in [0.717, 1.165) is 36.8 Å². The lowest BCUT2D eigenvalue weighted by Crippen LogP contribution is -2.55. The van der Waals surface area contributed by atoms with Crippen molar-refractivity contribution in [2.75, 3.05) is 43.2 Å². The maximum absolute atomic E-state index is 12.9.